The third-order valence-corrected chi connectivity index (χ3v) is 4.17. The molecule has 3 rings (SSSR count). The number of aliphatic imine (C=N–C) groups is 1. The van der Waals surface area contributed by atoms with Gasteiger partial charge in [-0.1, -0.05) is 32.0 Å². The van der Waals surface area contributed by atoms with Gasteiger partial charge in [0.15, 0.2) is 5.70 Å². The smallest absolute Gasteiger partial charge is 0.363 e. The number of benzene rings is 2. The highest BCUT2D eigenvalue weighted by molar-refractivity contribution is 6.12. The van der Waals surface area contributed by atoms with Crippen LogP contribution in [-0.2, 0) is 9.53 Å². The first-order valence-corrected chi connectivity index (χ1v) is 8.26. The zero-order chi connectivity index (χ0) is 18.0. The van der Waals surface area contributed by atoms with Crippen LogP contribution in [0.3, 0.4) is 0 Å². The highest BCUT2D eigenvalue weighted by atomic mass is 16.6. The average Bonchev–Trinajstić information content (AvgIpc) is 2.97. The van der Waals surface area contributed by atoms with Crippen LogP contribution in [0.2, 0.25) is 0 Å². The molecule has 0 saturated heterocycles. The minimum atomic E-state index is -0.430. The van der Waals surface area contributed by atoms with Crippen LogP contribution < -0.4 is 4.74 Å². The van der Waals surface area contributed by atoms with E-state index in [0.717, 1.165) is 28.0 Å². The molecule has 25 heavy (non-hydrogen) atoms. The normalized spacial score (nSPS) is 15.5. The van der Waals surface area contributed by atoms with E-state index in [2.05, 4.69) is 24.9 Å². The summed E-state index contributed by atoms with van der Waals surface area (Å²) in [5.74, 6) is 1.08. The van der Waals surface area contributed by atoms with Crippen LogP contribution in [0.5, 0.6) is 5.75 Å². The summed E-state index contributed by atoms with van der Waals surface area (Å²) < 4.78 is 10.8. The summed E-state index contributed by atoms with van der Waals surface area (Å²) >= 11 is 0. The molecule has 1 aliphatic heterocycles. The van der Waals surface area contributed by atoms with Gasteiger partial charge in [0.25, 0.3) is 0 Å². The van der Waals surface area contributed by atoms with Gasteiger partial charge in [0.2, 0.25) is 5.90 Å². The van der Waals surface area contributed by atoms with E-state index in [1.54, 1.807) is 13.2 Å². The highest BCUT2D eigenvalue weighted by Gasteiger charge is 2.24. The maximum atomic E-state index is 12.2. The van der Waals surface area contributed by atoms with E-state index in [0.29, 0.717) is 17.5 Å². The number of cyclic esters (lactones) is 1. The molecule has 0 atom stereocenters. The number of carbonyl (C=O) groups excluding carboxylic acids is 1. The third-order valence-electron chi connectivity index (χ3n) is 4.17. The van der Waals surface area contributed by atoms with E-state index < -0.39 is 5.97 Å². The first-order valence-electron chi connectivity index (χ1n) is 8.26. The van der Waals surface area contributed by atoms with Crippen molar-refractivity contribution in [3.8, 4) is 5.75 Å². The van der Waals surface area contributed by atoms with Crippen molar-refractivity contribution in [2.45, 2.75) is 26.7 Å². The van der Waals surface area contributed by atoms with Crippen LogP contribution in [0.25, 0.3) is 6.08 Å². The van der Waals surface area contributed by atoms with Gasteiger partial charge in [-0.25, -0.2) is 9.79 Å². The fourth-order valence-electron chi connectivity index (χ4n) is 2.76. The molecule has 2 aromatic rings. The van der Waals surface area contributed by atoms with Crippen molar-refractivity contribution < 1.29 is 14.3 Å². The summed E-state index contributed by atoms with van der Waals surface area (Å²) in [6, 6.07) is 13.5. The maximum Gasteiger partial charge on any atom is 0.363 e. The Hall–Kier alpha value is -2.88. The number of carbonyl (C=O) groups is 1. The Morgan fingerprint density at radius 3 is 2.52 bits per heavy atom. The van der Waals surface area contributed by atoms with Crippen LogP contribution in [0.4, 0.5) is 0 Å². The monoisotopic (exact) mass is 335 g/mol. The van der Waals surface area contributed by atoms with Crippen molar-refractivity contribution >= 4 is 17.9 Å². The number of nitrogens with zero attached hydrogens (tertiary/aromatic N) is 1. The molecule has 1 aliphatic rings. The summed E-state index contributed by atoms with van der Waals surface area (Å²) in [5.41, 5.74) is 4.15. The molecule has 2 aromatic carbocycles. The molecule has 128 valence electrons. The molecule has 0 aliphatic carbocycles. The lowest BCUT2D eigenvalue weighted by atomic mass is 9.96. The van der Waals surface area contributed by atoms with Gasteiger partial charge < -0.3 is 9.47 Å². The Kier molecular flexibility index (Phi) is 4.70. The first-order chi connectivity index (χ1) is 12.0. The molecule has 0 amide bonds. The van der Waals surface area contributed by atoms with Crippen LogP contribution in [-0.4, -0.2) is 19.0 Å². The van der Waals surface area contributed by atoms with E-state index in [1.807, 2.05) is 43.3 Å². The fourth-order valence-corrected chi connectivity index (χ4v) is 2.76. The lowest BCUT2D eigenvalue weighted by Gasteiger charge is -2.14. The Bertz CT molecular complexity index is 864. The predicted molar refractivity (Wildman–Crippen MR) is 98.9 cm³/mol. The van der Waals surface area contributed by atoms with Crippen molar-refractivity contribution in [1.82, 2.24) is 0 Å². The molecule has 0 bridgehead atoms. The van der Waals surface area contributed by atoms with E-state index in [9.17, 15) is 4.79 Å². The van der Waals surface area contributed by atoms with Crippen LogP contribution in [0.15, 0.2) is 53.2 Å². The molecule has 0 spiro atoms. The van der Waals surface area contributed by atoms with E-state index >= 15 is 0 Å². The molecule has 1 heterocycles. The molecule has 0 saturated carbocycles. The third kappa shape index (κ3) is 3.48. The second-order valence-corrected chi connectivity index (χ2v) is 6.31. The number of aryl methyl sites for hydroxylation is 1. The molecule has 0 radical (unpaired) electrons. The molecular weight excluding hydrogens is 314 g/mol. The number of methoxy groups -OCH3 is 1. The predicted octanol–water partition coefficient (Wildman–Crippen LogP) is 4.47. The van der Waals surface area contributed by atoms with Crippen molar-refractivity contribution in [3.63, 3.8) is 0 Å². The van der Waals surface area contributed by atoms with Gasteiger partial charge in [0, 0.05) is 5.56 Å². The van der Waals surface area contributed by atoms with Gasteiger partial charge in [0.05, 0.1) is 7.11 Å². The molecule has 0 aromatic heterocycles. The number of rotatable bonds is 4. The van der Waals surface area contributed by atoms with Gasteiger partial charge in [-0.3, -0.25) is 0 Å². The van der Waals surface area contributed by atoms with Crippen molar-refractivity contribution in [2.75, 3.05) is 7.11 Å². The minimum absolute atomic E-state index is 0.307. The molecule has 0 unspecified atom stereocenters. The van der Waals surface area contributed by atoms with Crippen molar-refractivity contribution in [2.24, 2.45) is 4.99 Å². The number of ether oxygens (including phenoxy) is 2. The largest absolute Gasteiger partial charge is 0.496 e. The fraction of sp³-hybridized carbons (Fsp3) is 0.238. The molecule has 0 N–H and O–H groups in total. The Morgan fingerprint density at radius 2 is 1.88 bits per heavy atom. The summed E-state index contributed by atoms with van der Waals surface area (Å²) in [4.78, 5) is 16.6. The summed E-state index contributed by atoms with van der Waals surface area (Å²) in [6.45, 7) is 6.21. The topological polar surface area (TPSA) is 47.9 Å². The number of esters is 1. The Balaban J connectivity index is 2.01. The quantitative estimate of drug-likeness (QED) is 0.612. The zero-order valence-electron chi connectivity index (χ0n) is 14.9. The zero-order valence-corrected chi connectivity index (χ0v) is 14.9. The van der Waals surface area contributed by atoms with Gasteiger partial charge in [0.1, 0.15) is 5.75 Å². The van der Waals surface area contributed by atoms with Gasteiger partial charge >= 0.3 is 5.97 Å². The van der Waals surface area contributed by atoms with E-state index in [4.69, 9.17) is 9.47 Å². The van der Waals surface area contributed by atoms with Gasteiger partial charge in [-0.15, -0.1) is 0 Å². The lowest BCUT2D eigenvalue weighted by molar-refractivity contribution is -0.129. The Morgan fingerprint density at radius 1 is 1.16 bits per heavy atom. The molecule has 4 nitrogen and oxygen atoms in total. The second kappa shape index (κ2) is 6.93. The Labute approximate surface area is 147 Å². The van der Waals surface area contributed by atoms with E-state index in [1.165, 1.54) is 0 Å². The summed E-state index contributed by atoms with van der Waals surface area (Å²) in [6.07, 6.45) is 1.78. The number of hydrogen-bond donors (Lipinski definition) is 0. The minimum Gasteiger partial charge on any atom is -0.496 e. The maximum absolute atomic E-state index is 12.2. The summed E-state index contributed by atoms with van der Waals surface area (Å²) in [7, 11) is 1.67. The van der Waals surface area contributed by atoms with Crippen LogP contribution in [0.1, 0.15) is 42.0 Å². The van der Waals surface area contributed by atoms with Gasteiger partial charge in [-0.2, -0.15) is 0 Å². The molecule has 0 fully saturated rings. The standard InChI is InChI=1S/C21H21NO3/c1-13(2)17-11-16(14(3)10-19(17)24-4)12-18-21(23)25-20(22-18)15-8-6-5-7-9-15/h5-13H,1-4H3/b18-12+. The lowest BCUT2D eigenvalue weighted by Crippen LogP contribution is -2.05. The van der Waals surface area contributed by atoms with Crippen molar-refractivity contribution in [1.29, 1.82) is 0 Å². The molecular formula is C21H21NO3. The number of hydrogen-bond acceptors (Lipinski definition) is 4. The SMILES string of the molecule is COc1cc(C)c(/C=C2/N=C(c3ccccc3)OC2=O)cc1C(C)C. The highest BCUT2D eigenvalue weighted by Crippen LogP contribution is 2.31. The van der Waals surface area contributed by atoms with Gasteiger partial charge in [-0.05, 0) is 59.9 Å². The van der Waals surface area contributed by atoms with E-state index in [-0.39, 0.29) is 0 Å². The second-order valence-electron chi connectivity index (χ2n) is 6.31. The average molecular weight is 335 g/mol. The first kappa shape index (κ1) is 17.0. The van der Waals surface area contributed by atoms with Crippen molar-refractivity contribution in [3.05, 3.63) is 70.4 Å². The van der Waals surface area contributed by atoms with Crippen LogP contribution >= 0.6 is 0 Å². The van der Waals surface area contributed by atoms with Crippen LogP contribution in [0, 0.1) is 6.92 Å². The summed E-state index contributed by atoms with van der Waals surface area (Å²) in [5, 5.41) is 0. The molecule has 4 heteroatoms.